The fourth-order valence-electron chi connectivity index (χ4n) is 6.38. The first-order valence-electron chi connectivity index (χ1n) is 16.5. The molecular formula is C35H48ClN5O4. The lowest BCUT2D eigenvalue weighted by molar-refractivity contribution is -0.132. The molecule has 45 heavy (non-hydrogen) atoms. The van der Waals surface area contributed by atoms with E-state index >= 15 is 0 Å². The number of piperidine rings is 1. The van der Waals surface area contributed by atoms with Gasteiger partial charge in [-0.25, -0.2) is 0 Å². The molecule has 244 valence electrons. The maximum atomic E-state index is 13.9. The Hall–Kier alpha value is -3.43. The summed E-state index contributed by atoms with van der Waals surface area (Å²) in [4.78, 5) is 53.4. The zero-order valence-electron chi connectivity index (χ0n) is 26.4. The molecule has 2 aliphatic rings. The molecule has 2 aromatic rings. The zero-order chi connectivity index (χ0) is 32.2. The van der Waals surface area contributed by atoms with E-state index < -0.39 is 23.9 Å². The Morgan fingerprint density at radius 2 is 1.60 bits per heavy atom. The number of benzene rings is 2. The molecule has 0 aromatic heterocycles. The van der Waals surface area contributed by atoms with Gasteiger partial charge in [0.05, 0.1) is 0 Å². The molecule has 1 saturated heterocycles. The third-order valence-electron chi connectivity index (χ3n) is 9.13. The van der Waals surface area contributed by atoms with E-state index in [0.29, 0.717) is 29.5 Å². The third kappa shape index (κ3) is 10.3. The lowest BCUT2D eigenvalue weighted by Crippen LogP contribution is -2.56. The van der Waals surface area contributed by atoms with Crippen LogP contribution in [-0.4, -0.2) is 61.4 Å². The summed E-state index contributed by atoms with van der Waals surface area (Å²) in [5, 5.41) is 16.0. The van der Waals surface area contributed by atoms with Crippen molar-refractivity contribution in [2.45, 2.75) is 89.3 Å². The Labute approximate surface area is 272 Å². The number of carbonyl (C=O) groups is 4. The lowest BCUT2D eigenvalue weighted by atomic mass is 9.80. The Morgan fingerprint density at radius 1 is 0.867 bits per heavy atom. The van der Waals surface area contributed by atoms with Gasteiger partial charge in [-0.05, 0) is 87.4 Å². The van der Waals surface area contributed by atoms with Crippen molar-refractivity contribution in [3.63, 3.8) is 0 Å². The predicted octanol–water partition coefficient (Wildman–Crippen LogP) is 4.32. The van der Waals surface area contributed by atoms with Crippen molar-refractivity contribution in [3.05, 3.63) is 70.7 Å². The van der Waals surface area contributed by atoms with Crippen LogP contribution in [0.25, 0.3) is 0 Å². The van der Waals surface area contributed by atoms with Gasteiger partial charge in [-0.3, -0.25) is 19.2 Å². The Morgan fingerprint density at radius 3 is 2.31 bits per heavy atom. The van der Waals surface area contributed by atoms with Crippen LogP contribution in [-0.2, 0) is 14.4 Å². The van der Waals surface area contributed by atoms with Gasteiger partial charge in [0, 0.05) is 35.0 Å². The summed E-state index contributed by atoms with van der Waals surface area (Å²) in [5.41, 5.74) is 1.52. The summed E-state index contributed by atoms with van der Waals surface area (Å²) in [6.45, 7) is 6.08. The van der Waals surface area contributed by atoms with Gasteiger partial charge in [-0.15, -0.1) is 0 Å². The van der Waals surface area contributed by atoms with Crippen molar-refractivity contribution in [3.8, 4) is 0 Å². The molecule has 4 rings (SSSR count). The molecule has 1 saturated carbocycles. The topological polar surface area (TPSA) is 128 Å². The number of hydrogen-bond acceptors (Lipinski definition) is 5. The molecular weight excluding hydrogens is 590 g/mol. The summed E-state index contributed by atoms with van der Waals surface area (Å²) in [5.74, 6) is -1.29. The molecule has 1 aliphatic heterocycles. The summed E-state index contributed by atoms with van der Waals surface area (Å²) >= 11 is 6.30. The second-order valence-corrected chi connectivity index (χ2v) is 12.9. The van der Waals surface area contributed by atoms with Gasteiger partial charge < -0.3 is 26.6 Å². The van der Waals surface area contributed by atoms with Crippen LogP contribution < -0.4 is 26.6 Å². The smallest absolute Gasteiger partial charge is 0.251 e. The zero-order valence-corrected chi connectivity index (χ0v) is 27.2. The number of nitrogens with one attached hydrogen (secondary N) is 5. The molecule has 4 amide bonds. The molecule has 10 heteroatoms. The highest BCUT2D eigenvalue weighted by atomic mass is 35.5. The van der Waals surface area contributed by atoms with Gasteiger partial charge in [0.25, 0.3) is 5.91 Å². The first-order chi connectivity index (χ1) is 21.7. The molecule has 0 spiro atoms. The minimum absolute atomic E-state index is 0.0945. The van der Waals surface area contributed by atoms with E-state index in [1.165, 1.54) is 0 Å². The maximum absolute atomic E-state index is 13.9. The van der Waals surface area contributed by atoms with Crippen molar-refractivity contribution < 1.29 is 19.2 Å². The number of amides is 4. The van der Waals surface area contributed by atoms with Gasteiger partial charge in [-0.2, -0.15) is 0 Å². The van der Waals surface area contributed by atoms with E-state index in [-0.39, 0.29) is 36.1 Å². The molecule has 9 nitrogen and oxygen atoms in total. The highest BCUT2D eigenvalue weighted by Gasteiger charge is 2.33. The van der Waals surface area contributed by atoms with Crippen molar-refractivity contribution in [1.29, 1.82) is 0 Å². The van der Waals surface area contributed by atoms with Crippen molar-refractivity contribution >= 4 is 35.2 Å². The maximum Gasteiger partial charge on any atom is 0.251 e. The quantitative estimate of drug-likeness (QED) is 0.224. The van der Waals surface area contributed by atoms with Crippen LogP contribution in [0.4, 0.5) is 0 Å². The SMILES string of the molecule is CC[C@H](NC(=O)c1ccccc1)C(=O)N[C@@H](C[C@@H](C)C(=O)NCC1CCNCC1)C(=O)NC1CCCC[C@H]1c1cccc(Cl)c1. The van der Waals surface area contributed by atoms with Crippen molar-refractivity contribution in [2.75, 3.05) is 19.6 Å². The molecule has 2 fully saturated rings. The lowest BCUT2D eigenvalue weighted by Gasteiger charge is -2.34. The first kappa shape index (κ1) is 34.4. The average molecular weight is 638 g/mol. The van der Waals surface area contributed by atoms with Crippen molar-refractivity contribution in [1.82, 2.24) is 26.6 Å². The Bertz CT molecular complexity index is 1290. The third-order valence-corrected chi connectivity index (χ3v) is 9.37. The summed E-state index contributed by atoms with van der Waals surface area (Å²) < 4.78 is 0. The largest absolute Gasteiger partial charge is 0.356 e. The van der Waals surface area contributed by atoms with E-state index in [0.717, 1.165) is 57.2 Å². The van der Waals surface area contributed by atoms with E-state index in [2.05, 4.69) is 26.6 Å². The molecule has 1 unspecified atom stereocenters. The van der Waals surface area contributed by atoms with Crippen LogP contribution in [0.1, 0.15) is 87.1 Å². The van der Waals surface area contributed by atoms with Crippen LogP contribution in [0, 0.1) is 11.8 Å². The van der Waals surface area contributed by atoms with Gasteiger partial charge >= 0.3 is 0 Å². The molecule has 5 N–H and O–H groups in total. The number of carbonyl (C=O) groups excluding carboxylic acids is 4. The molecule has 1 heterocycles. The Kier molecular flexibility index (Phi) is 13.3. The first-order valence-corrected chi connectivity index (χ1v) is 16.8. The predicted molar refractivity (Wildman–Crippen MR) is 177 cm³/mol. The van der Waals surface area contributed by atoms with Crippen LogP contribution in [0.2, 0.25) is 5.02 Å². The van der Waals surface area contributed by atoms with Crippen LogP contribution in [0.3, 0.4) is 0 Å². The summed E-state index contributed by atoms with van der Waals surface area (Å²) in [7, 11) is 0. The molecule has 2 aromatic carbocycles. The fraction of sp³-hybridized carbons (Fsp3) is 0.543. The van der Waals surface area contributed by atoms with Gasteiger partial charge in [-0.1, -0.05) is 68.6 Å². The average Bonchev–Trinajstić information content (AvgIpc) is 3.06. The second kappa shape index (κ2) is 17.3. The number of rotatable bonds is 13. The highest BCUT2D eigenvalue weighted by Crippen LogP contribution is 2.34. The van der Waals surface area contributed by atoms with Crippen LogP contribution in [0.5, 0.6) is 0 Å². The van der Waals surface area contributed by atoms with Gasteiger partial charge in [0.2, 0.25) is 17.7 Å². The number of halogens is 1. The molecule has 5 atom stereocenters. The summed E-state index contributed by atoms with van der Waals surface area (Å²) in [6, 6.07) is 14.5. The molecule has 1 aliphatic carbocycles. The molecule has 0 bridgehead atoms. The van der Waals surface area contributed by atoms with E-state index in [9.17, 15) is 19.2 Å². The Balaban J connectivity index is 1.46. The van der Waals surface area contributed by atoms with Crippen LogP contribution >= 0.6 is 11.6 Å². The van der Waals surface area contributed by atoms with Crippen LogP contribution in [0.15, 0.2) is 54.6 Å². The van der Waals surface area contributed by atoms with E-state index in [4.69, 9.17) is 11.6 Å². The standard InChI is InChI=1S/C35H48ClN5O4/c1-3-29(39-33(43)25-10-5-4-6-11-25)34(44)41-31(20-23(2)32(42)38-22-24-16-18-37-19-17-24)35(45)40-30-15-8-7-14-28(30)26-12-9-13-27(36)21-26/h4-6,9-13,21,23-24,28-31,37H,3,7-8,14-20,22H2,1-2H3,(H,38,42)(H,39,43)(H,40,45)(H,41,44)/t23-,28+,29+,30?,31+/m1/s1. The highest BCUT2D eigenvalue weighted by molar-refractivity contribution is 6.30. The fourth-order valence-corrected chi connectivity index (χ4v) is 6.58. The minimum atomic E-state index is -0.957. The monoisotopic (exact) mass is 637 g/mol. The minimum Gasteiger partial charge on any atom is -0.356 e. The molecule has 0 radical (unpaired) electrons. The van der Waals surface area contributed by atoms with Gasteiger partial charge in [0.1, 0.15) is 12.1 Å². The van der Waals surface area contributed by atoms with Gasteiger partial charge in [0.15, 0.2) is 0 Å². The van der Waals surface area contributed by atoms with Crippen molar-refractivity contribution in [2.24, 2.45) is 11.8 Å². The second-order valence-electron chi connectivity index (χ2n) is 12.5. The van der Waals surface area contributed by atoms with E-state index in [1.807, 2.05) is 30.3 Å². The normalized spacial score (nSPS) is 20.7. The van der Waals surface area contributed by atoms with E-state index in [1.54, 1.807) is 38.1 Å². The number of hydrogen-bond donors (Lipinski definition) is 5. The summed E-state index contributed by atoms with van der Waals surface area (Å²) in [6.07, 6.45) is 6.25.